The Kier molecular flexibility index (Phi) is 23.8. The van der Waals surface area contributed by atoms with Gasteiger partial charge in [0.1, 0.15) is 134 Å². The molecule has 550 valence electrons. The van der Waals surface area contributed by atoms with E-state index in [1.54, 1.807) is 0 Å². The summed E-state index contributed by atoms with van der Waals surface area (Å²) in [4.78, 5) is 0. The van der Waals surface area contributed by atoms with E-state index in [0.29, 0.717) is 44.9 Å². The highest BCUT2D eigenvalue weighted by atomic mass is 16.8. The van der Waals surface area contributed by atoms with Crippen LogP contribution >= 0.6 is 0 Å². The monoisotopic (exact) mass is 1370 g/mol. The van der Waals surface area contributed by atoms with Gasteiger partial charge in [-0.1, -0.05) is 46.3 Å². The molecular weight excluding hydrogens is 1260 g/mol. The van der Waals surface area contributed by atoms with Crippen LogP contribution in [-0.2, 0) is 56.8 Å². The van der Waals surface area contributed by atoms with Crippen LogP contribution in [0, 0.1) is 45.3 Å². The van der Waals surface area contributed by atoms with E-state index in [9.17, 15) is 97.0 Å². The molecule has 10 rings (SSSR count). The Morgan fingerprint density at radius 2 is 0.947 bits per heavy atom. The van der Waals surface area contributed by atoms with Gasteiger partial charge in [0.05, 0.1) is 57.5 Å². The maximum atomic E-state index is 13.0. The Hall–Kier alpha value is -1.50. The molecule has 0 aromatic carbocycles. The molecule has 10 aliphatic rings. The lowest BCUT2D eigenvalue weighted by Gasteiger charge is -2.71. The summed E-state index contributed by atoms with van der Waals surface area (Å²) in [6, 6.07) is 0. The van der Waals surface area contributed by atoms with Crippen molar-refractivity contribution in [2.24, 2.45) is 45.3 Å². The first kappa shape index (κ1) is 76.1. The molecule has 0 amide bonds. The lowest BCUT2D eigenvalue weighted by Crippen LogP contribution is -2.68. The molecule has 19 N–H and O–H groups in total. The quantitative estimate of drug-likeness (QED) is 0.0400. The first-order valence-electron chi connectivity index (χ1n) is 33.7. The maximum absolute atomic E-state index is 13.0. The van der Waals surface area contributed by atoms with Gasteiger partial charge in [0.2, 0.25) is 0 Å². The second-order valence-electron chi connectivity index (χ2n) is 30.5. The molecular formula is C64H108O31. The van der Waals surface area contributed by atoms with Gasteiger partial charge in [-0.15, -0.1) is 0 Å². The zero-order valence-electron chi connectivity index (χ0n) is 55.2. The molecule has 31 nitrogen and oxygen atoms in total. The number of fused-ring (bicyclic) bond motifs is 5. The van der Waals surface area contributed by atoms with Crippen LogP contribution in [0.5, 0.6) is 0 Å². The fraction of sp³-hybridized carbons (Fsp3) is 0.969. The Balaban J connectivity index is 0.851. The molecule has 0 aromatic heterocycles. The summed E-state index contributed by atoms with van der Waals surface area (Å²) in [5.74, 6) is -0.809. The molecule has 95 heavy (non-hydrogen) atoms. The maximum Gasteiger partial charge on any atom is 0.187 e. The van der Waals surface area contributed by atoms with Crippen LogP contribution in [-0.4, -0.2) is 327 Å². The van der Waals surface area contributed by atoms with Crippen molar-refractivity contribution in [3.63, 3.8) is 0 Å². The van der Waals surface area contributed by atoms with Crippen molar-refractivity contribution >= 4 is 0 Å². The van der Waals surface area contributed by atoms with E-state index in [4.69, 9.17) is 56.8 Å². The number of rotatable bonds is 20. The van der Waals surface area contributed by atoms with Crippen LogP contribution in [0.4, 0.5) is 0 Å². The van der Waals surface area contributed by atoms with Crippen LogP contribution in [0.25, 0.3) is 0 Å². The van der Waals surface area contributed by atoms with Crippen molar-refractivity contribution in [1.29, 1.82) is 0 Å². The SMILES string of the molecule is CC(C)=CCC[C@](C)(O[C@H]1O[C@@H](CO[C@H]2O[C@H](CO)[C@@H](O)[C@H](O[C@H]3OC[C@@H](O)[C@H](O)[C@H]3O)[C@H]2O)[C@H](O)[C@@H](O)[C@@H]1O)[C@H]1CC[C@]2(C)[C@@H]1[C@H](O)C[C@@H]1[C@@]3(C)CC[C@H](O[C@H]4O[C@H](CO)[C@@H](O)[C@H](O)[C@H]4O[C@H]4O[C@H](CO)[C@@H](O)[C@H](O)[C@H]4O[C@H]4OC[C@H](O)[C@@H](O)[C@@H]4O)C(C)(C)[C@H]3CC[C@]12C. The van der Waals surface area contributed by atoms with E-state index >= 15 is 0 Å². The fourth-order valence-corrected chi connectivity index (χ4v) is 18.6. The summed E-state index contributed by atoms with van der Waals surface area (Å²) >= 11 is 0. The number of aliphatic hydroxyl groups excluding tert-OH is 19. The van der Waals surface area contributed by atoms with Crippen molar-refractivity contribution in [2.75, 3.05) is 39.6 Å². The molecule has 4 saturated carbocycles. The standard InChI is InChI=1S/C64H108O31/c1-25(2)10-9-14-64(8,95-57-49(82)44(77)42(75)33(90-57)24-86-56-50(83)51(43(76)32(21-67)87-56)92-54-47(80)38(71)28(69)22-84-54)26-11-16-63(7)37(26)27(68)18-35-61(5)15-13-36(60(3,4)34(61)12-17-62(35,63)6)91-58-52(45(78)40(73)30(19-65)88-58)94-59-53(46(79)41(74)31(20-66)89-59)93-55-48(81)39(72)29(70)23-85-55/h10,26-59,65-83H,9,11-24H2,1-8H3/t26-,27+,28+,29-,30+,31+,32+,33-,34+,35+,36-,37-,38-,39+,40+,41+,42-,43+,44+,45-,46-,47+,48-,49-,50+,51-,52+,53+,54+,55+,56-,57+,58+,59+,61-,62+,63+,64-/m0/s1. The van der Waals surface area contributed by atoms with Gasteiger partial charge >= 0.3 is 0 Å². The molecule has 0 spiro atoms. The molecule has 10 fully saturated rings. The van der Waals surface area contributed by atoms with Crippen molar-refractivity contribution in [1.82, 2.24) is 0 Å². The van der Waals surface area contributed by atoms with E-state index < -0.39 is 246 Å². The van der Waals surface area contributed by atoms with Crippen LogP contribution in [0.2, 0.25) is 0 Å². The Bertz CT molecular complexity index is 2540. The van der Waals surface area contributed by atoms with Crippen molar-refractivity contribution in [2.45, 2.75) is 303 Å². The lowest BCUT2D eigenvalue weighted by atomic mass is 9.35. The van der Waals surface area contributed by atoms with Gasteiger partial charge in [-0.3, -0.25) is 0 Å². The van der Waals surface area contributed by atoms with Gasteiger partial charge in [-0.25, -0.2) is 0 Å². The molecule has 6 aliphatic heterocycles. The fourth-order valence-electron chi connectivity index (χ4n) is 18.6. The predicted octanol–water partition coefficient (Wildman–Crippen LogP) is -5.28. The van der Waals surface area contributed by atoms with Gasteiger partial charge in [0, 0.05) is 0 Å². The van der Waals surface area contributed by atoms with Gasteiger partial charge in [0.25, 0.3) is 0 Å². The summed E-state index contributed by atoms with van der Waals surface area (Å²) in [7, 11) is 0. The van der Waals surface area contributed by atoms with E-state index in [1.165, 1.54) is 0 Å². The Morgan fingerprint density at radius 3 is 1.51 bits per heavy atom. The topological polar surface area (TPSA) is 495 Å². The van der Waals surface area contributed by atoms with Crippen molar-refractivity contribution in [3.05, 3.63) is 11.6 Å². The number of ether oxygens (including phenoxy) is 12. The van der Waals surface area contributed by atoms with Crippen LogP contribution in [0.15, 0.2) is 11.6 Å². The highest BCUT2D eigenvalue weighted by molar-refractivity contribution is 5.21. The lowest BCUT2D eigenvalue weighted by molar-refractivity contribution is -0.395. The third kappa shape index (κ3) is 14.0. The zero-order chi connectivity index (χ0) is 69.5. The normalized spacial score (nSPS) is 53.2. The largest absolute Gasteiger partial charge is 0.394 e. The Morgan fingerprint density at radius 1 is 0.463 bits per heavy atom. The Labute approximate surface area is 551 Å². The smallest absolute Gasteiger partial charge is 0.187 e. The molecule has 0 aromatic rings. The molecule has 38 atom stereocenters. The molecule has 0 unspecified atom stereocenters. The van der Waals surface area contributed by atoms with Crippen LogP contribution in [0.3, 0.4) is 0 Å². The second kappa shape index (κ2) is 29.7. The van der Waals surface area contributed by atoms with Gasteiger partial charge in [0.15, 0.2) is 37.7 Å². The van der Waals surface area contributed by atoms with E-state index in [2.05, 4.69) is 40.7 Å². The highest BCUT2D eigenvalue weighted by Crippen LogP contribution is 2.76. The van der Waals surface area contributed by atoms with E-state index in [-0.39, 0.29) is 29.1 Å². The highest BCUT2D eigenvalue weighted by Gasteiger charge is 2.72. The third-order valence-electron chi connectivity index (χ3n) is 24.3. The van der Waals surface area contributed by atoms with Crippen molar-refractivity contribution in [3.8, 4) is 0 Å². The van der Waals surface area contributed by atoms with E-state index in [1.807, 2.05) is 20.8 Å². The summed E-state index contributed by atoms with van der Waals surface area (Å²) in [5, 5.41) is 208. The first-order valence-corrected chi connectivity index (χ1v) is 33.7. The van der Waals surface area contributed by atoms with E-state index in [0.717, 1.165) is 18.4 Å². The first-order chi connectivity index (χ1) is 44.6. The second-order valence-corrected chi connectivity index (χ2v) is 30.5. The number of hydrogen-bond acceptors (Lipinski definition) is 31. The number of allylic oxidation sites excluding steroid dienone is 2. The minimum Gasteiger partial charge on any atom is -0.394 e. The van der Waals surface area contributed by atoms with Gasteiger partial charge in [-0.05, 0) is 124 Å². The molecule has 4 aliphatic carbocycles. The average molecular weight is 1370 g/mol. The van der Waals surface area contributed by atoms with Crippen LogP contribution < -0.4 is 0 Å². The van der Waals surface area contributed by atoms with Gasteiger partial charge in [-0.2, -0.15) is 0 Å². The predicted molar refractivity (Wildman–Crippen MR) is 319 cm³/mol. The third-order valence-corrected chi connectivity index (χ3v) is 24.3. The minimum atomic E-state index is -1.90. The molecule has 0 radical (unpaired) electrons. The minimum absolute atomic E-state index is 0.0447. The van der Waals surface area contributed by atoms with Crippen LogP contribution in [0.1, 0.15) is 113 Å². The number of hydrogen-bond donors (Lipinski definition) is 19. The molecule has 0 bridgehead atoms. The molecule has 6 heterocycles. The number of aliphatic hydroxyl groups is 19. The van der Waals surface area contributed by atoms with Crippen molar-refractivity contribution < 1.29 is 154 Å². The zero-order valence-corrected chi connectivity index (χ0v) is 55.2. The summed E-state index contributed by atoms with van der Waals surface area (Å²) in [6.07, 6.45) is -41.5. The summed E-state index contributed by atoms with van der Waals surface area (Å²) in [6.45, 7) is 13.0. The average Bonchev–Trinajstić information content (AvgIpc) is 1.67. The summed E-state index contributed by atoms with van der Waals surface area (Å²) in [5.41, 5.74) is -2.09. The summed E-state index contributed by atoms with van der Waals surface area (Å²) < 4.78 is 72.7. The molecule has 6 saturated heterocycles. The molecule has 31 heteroatoms. The van der Waals surface area contributed by atoms with Gasteiger partial charge < -0.3 is 154 Å².